The molecule has 0 saturated carbocycles. The molecule has 316 valence electrons. The van der Waals surface area contributed by atoms with Crippen LogP contribution in [0.25, 0.3) is 0 Å². The van der Waals surface area contributed by atoms with E-state index in [4.69, 9.17) is 56.8 Å². The van der Waals surface area contributed by atoms with E-state index in [0.717, 1.165) is 12.8 Å². The van der Waals surface area contributed by atoms with Gasteiger partial charge in [-0.15, -0.1) is 0 Å². The van der Waals surface area contributed by atoms with Crippen LogP contribution in [0.1, 0.15) is 77.6 Å². The van der Waals surface area contributed by atoms with Gasteiger partial charge in [0.05, 0.1) is 159 Å². The van der Waals surface area contributed by atoms with Gasteiger partial charge in [-0.3, -0.25) is 9.59 Å². The van der Waals surface area contributed by atoms with E-state index >= 15 is 0 Å². The average Bonchev–Trinajstić information content (AvgIpc) is 3.16. The normalized spacial score (nSPS) is 11.4. The summed E-state index contributed by atoms with van der Waals surface area (Å²) in [5, 5.41) is 0. The molecular weight excluding hydrogens is 696 g/mol. The molecule has 0 aromatic heterocycles. The third-order valence-corrected chi connectivity index (χ3v) is 7.37. The average molecular weight is 771 g/mol. The maximum atomic E-state index is 11.8. The smallest absolute Gasteiger partial charge is 0.307 e. The lowest BCUT2D eigenvalue weighted by molar-refractivity contribution is -0.145. The SMILES string of the molecule is CCCCCCCCCCCC(=O)OCCOCCOCCOCCOCCOCCOCCOCCOCCOCCOCCOCCC(=O)OC. The number of ether oxygens (including phenoxy) is 13. The first-order chi connectivity index (χ1) is 26.2. The minimum absolute atomic E-state index is 0.140. The zero-order valence-electron chi connectivity index (χ0n) is 33.2. The Labute approximate surface area is 319 Å². The molecule has 0 aromatic rings. The Hall–Kier alpha value is -1.50. The second-order valence-electron chi connectivity index (χ2n) is 11.9. The quantitative estimate of drug-likeness (QED) is 0.0642. The van der Waals surface area contributed by atoms with E-state index in [1.54, 1.807) is 0 Å². The fraction of sp³-hybridized carbons (Fsp3) is 0.947. The molecule has 0 bridgehead atoms. The highest BCUT2D eigenvalue weighted by Crippen LogP contribution is 2.10. The zero-order chi connectivity index (χ0) is 38.4. The molecule has 0 aromatic carbocycles. The van der Waals surface area contributed by atoms with Gasteiger partial charge in [-0.25, -0.2) is 0 Å². The van der Waals surface area contributed by atoms with Crippen LogP contribution in [0, 0.1) is 0 Å². The fourth-order valence-electron chi connectivity index (χ4n) is 4.43. The van der Waals surface area contributed by atoms with Crippen LogP contribution < -0.4 is 0 Å². The summed E-state index contributed by atoms with van der Waals surface area (Å²) in [5.41, 5.74) is 0. The molecule has 0 radical (unpaired) electrons. The van der Waals surface area contributed by atoms with Crippen LogP contribution in [0.2, 0.25) is 0 Å². The molecule has 15 nitrogen and oxygen atoms in total. The number of unbranched alkanes of at least 4 members (excludes halogenated alkanes) is 8. The van der Waals surface area contributed by atoms with Crippen LogP contribution in [-0.2, 0) is 71.2 Å². The van der Waals surface area contributed by atoms with Crippen molar-refractivity contribution in [1.82, 2.24) is 0 Å². The molecule has 0 heterocycles. The van der Waals surface area contributed by atoms with Crippen LogP contribution in [0.3, 0.4) is 0 Å². The van der Waals surface area contributed by atoms with Gasteiger partial charge in [-0.2, -0.15) is 0 Å². The Kier molecular flexibility index (Phi) is 45.3. The zero-order valence-corrected chi connectivity index (χ0v) is 33.2. The minimum atomic E-state index is -0.288. The van der Waals surface area contributed by atoms with Gasteiger partial charge in [0.1, 0.15) is 6.61 Å². The number of hydrogen-bond donors (Lipinski definition) is 0. The van der Waals surface area contributed by atoms with Crippen molar-refractivity contribution in [3.63, 3.8) is 0 Å². The Balaban J connectivity index is 3.11. The standard InChI is InChI=1S/C38H74O15/c1-3-4-5-6-7-8-9-10-11-12-38(40)53-36-35-52-34-33-51-32-31-50-30-29-49-28-27-48-26-25-47-24-23-46-22-21-45-20-19-44-18-17-43-16-15-42-14-13-37(39)41-2/h3-36H2,1-2H3. The van der Waals surface area contributed by atoms with Crippen molar-refractivity contribution in [3.05, 3.63) is 0 Å². The highest BCUT2D eigenvalue weighted by Gasteiger charge is 2.03. The lowest BCUT2D eigenvalue weighted by atomic mass is 10.1. The van der Waals surface area contributed by atoms with Gasteiger partial charge < -0.3 is 61.6 Å². The topological polar surface area (TPSA) is 154 Å². The fourth-order valence-corrected chi connectivity index (χ4v) is 4.43. The molecular formula is C38H74O15. The van der Waals surface area contributed by atoms with Crippen molar-refractivity contribution in [2.45, 2.75) is 77.6 Å². The molecule has 0 N–H and O–H groups in total. The molecule has 15 heteroatoms. The molecule has 0 aliphatic rings. The van der Waals surface area contributed by atoms with E-state index in [-0.39, 0.29) is 25.0 Å². The molecule has 0 saturated heterocycles. The lowest BCUT2D eigenvalue weighted by Gasteiger charge is -2.09. The van der Waals surface area contributed by atoms with Crippen LogP contribution in [-0.4, -0.2) is 171 Å². The molecule has 0 fully saturated rings. The molecule has 0 spiro atoms. The highest BCUT2D eigenvalue weighted by atomic mass is 16.6. The van der Waals surface area contributed by atoms with Crippen molar-refractivity contribution >= 4 is 11.9 Å². The summed E-state index contributed by atoms with van der Waals surface area (Å²) in [7, 11) is 1.35. The van der Waals surface area contributed by atoms with Crippen LogP contribution in [0.4, 0.5) is 0 Å². The van der Waals surface area contributed by atoms with Gasteiger partial charge in [0.25, 0.3) is 0 Å². The number of methoxy groups -OCH3 is 1. The maximum absolute atomic E-state index is 11.8. The Morgan fingerprint density at radius 2 is 0.566 bits per heavy atom. The first-order valence-corrected chi connectivity index (χ1v) is 19.8. The van der Waals surface area contributed by atoms with Crippen molar-refractivity contribution in [3.8, 4) is 0 Å². The molecule has 0 unspecified atom stereocenters. The summed E-state index contributed by atoms with van der Waals surface area (Å²) in [6.45, 7) is 12.8. The number of hydrogen-bond acceptors (Lipinski definition) is 15. The number of carbonyl (C=O) groups is 2. The number of carbonyl (C=O) groups excluding carboxylic acids is 2. The van der Waals surface area contributed by atoms with E-state index in [1.807, 2.05) is 0 Å². The molecule has 0 aliphatic carbocycles. The van der Waals surface area contributed by atoms with E-state index in [2.05, 4.69) is 11.7 Å². The molecule has 0 amide bonds. The predicted molar refractivity (Wildman–Crippen MR) is 198 cm³/mol. The number of rotatable bonds is 46. The lowest BCUT2D eigenvalue weighted by Crippen LogP contribution is -2.15. The molecule has 0 rings (SSSR count). The van der Waals surface area contributed by atoms with E-state index in [1.165, 1.54) is 52.1 Å². The van der Waals surface area contributed by atoms with E-state index in [0.29, 0.717) is 152 Å². The van der Waals surface area contributed by atoms with Gasteiger partial charge in [0, 0.05) is 6.42 Å². The van der Waals surface area contributed by atoms with Crippen molar-refractivity contribution in [2.24, 2.45) is 0 Å². The van der Waals surface area contributed by atoms with Crippen LogP contribution in [0.5, 0.6) is 0 Å². The predicted octanol–water partition coefficient (Wildman–Crippen LogP) is 4.20. The second-order valence-corrected chi connectivity index (χ2v) is 11.9. The van der Waals surface area contributed by atoms with Crippen molar-refractivity contribution in [1.29, 1.82) is 0 Å². The van der Waals surface area contributed by atoms with Gasteiger partial charge in [0.15, 0.2) is 0 Å². The number of esters is 2. The molecule has 53 heavy (non-hydrogen) atoms. The second kappa shape index (κ2) is 46.7. The molecule has 0 atom stereocenters. The maximum Gasteiger partial charge on any atom is 0.307 e. The van der Waals surface area contributed by atoms with Crippen molar-refractivity contribution in [2.75, 3.05) is 159 Å². The van der Waals surface area contributed by atoms with Gasteiger partial charge in [0.2, 0.25) is 0 Å². The highest BCUT2D eigenvalue weighted by molar-refractivity contribution is 5.69. The van der Waals surface area contributed by atoms with E-state index < -0.39 is 0 Å². The third kappa shape index (κ3) is 46.6. The summed E-state index contributed by atoms with van der Waals surface area (Å²) in [5.74, 6) is -0.428. The first-order valence-electron chi connectivity index (χ1n) is 19.8. The minimum Gasteiger partial charge on any atom is -0.469 e. The van der Waals surface area contributed by atoms with Crippen LogP contribution >= 0.6 is 0 Å². The van der Waals surface area contributed by atoms with Gasteiger partial charge in [-0.1, -0.05) is 58.3 Å². The van der Waals surface area contributed by atoms with Gasteiger partial charge in [-0.05, 0) is 6.42 Å². The summed E-state index contributed by atoms with van der Waals surface area (Å²) < 4.78 is 69.6. The monoisotopic (exact) mass is 771 g/mol. The van der Waals surface area contributed by atoms with Crippen molar-refractivity contribution < 1.29 is 71.2 Å². The first kappa shape index (κ1) is 51.5. The Bertz CT molecular complexity index is 732. The largest absolute Gasteiger partial charge is 0.469 e. The van der Waals surface area contributed by atoms with Crippen LogP contribution in [0.15, 0.2) is 0 Å². The Morgan fingerprint density at radius 1 is 0.302 bits per heavy atom. The van der Waals surface area contributed by atoms with E-state index in [9.17, 15) is 9.59 Å². The summed E-state index contributed by atoms with van der Waals surface area (Å²) >= 11 is 0. The summed E-state index contributed by atoms with van der Waals surface area (Å²) in [4.78, 5) is 22.7. The Morgan fingerprint density at radius 3 is 0.868 bits per heavy atom. The molecule has 0 aliphatic heterocycles. The summed E-state index contributed by atoms with van der Waals surface area (Å²) in [6.07, 6.45) is 11.8. The summed E-state index contributed by atoms with van der Waals surface area (Å²) in [6, 6.07) is 0. The van der Waals surface area contributed by atoms with Gasteiger partial charge >= 0.3 is 11.9 Å². The third-order valence-electron chi connectivity index (χ3n) is 7.37.